The van der Waals surface area contributed by atoms with E-state index in [0.29, 0.717) is 11.5 Å². The van der Waals surface area contributed by atoms with Crippen LogP contribution in [-0.2, 0) is 9.59 Å². The van der Waals surface area contributed by atoms with Crippen molar-refractivity contribution in [2.45, 2.75) is 6.10 Å². The van der Waals surface area contributed by atoms with E-state index in [9.17, 15) is 14.4 Å². The second-order valence-corrected chi connectivity index (χ2v) is 5.73. The quantitative estimate of drug-likeness (QED) is 0.318. The van der Waals surface area contributed by atoms with E-state index in [-0.39, 0.29) is 5.75 Å². The van der Waals surface area contributed by atoms with Gasteiger partial charge in [0.05, 0.1) is 5.69 Å². The van der Waals surface area contributed by atoms with Gasteiger partial charge in [0.1, 0.15) is 23.6 Å². The normalized spacial score (nSPS) is 14.3. The minimum atomic E-state index is -1.44. The third-order valence-electron chi connectivity index (χ3n) is 3.74. The molecule has 10 nitrogen and oxygen atoms in total. The summed E-state index contributed by atoms with van der Waals surface area (Å²) in [6.07, 6.45) is 0.0877. The Hall–Kier alpha value is -4.21. The molecule has 1 saturated heterocycles. The fourth-order valence-electron chi connectivity index (χ4n) is 2.43. The van der Waals surface area contributed by atoms with Crippen LogP contribution in [0.2, 0.25) is 0 Å². The van der Waals surface area contributed by atoms with Crippen LogP contribution in [0, 0.1) is 0 Å². The van der Waals surface area contributed by atoms with Crippen LogP contribution in [-0.4, -0.2) is 44.1 Å². The molecular weight excluding hydrogens is 378 g/mol. The first kappa shape index (κ1) is 19.5. The van der Waals surface area contributed by atoms with Crippen LogP contribution in [0.3, 0.4) is 0 Å². The topological polar surface area (TPSA) is 122 Å². The number of hydrogen-bond acceptors (Lipinski definition) is 7. The van der Waals surface area contributed by atoms with Crippen LogP contribution >= 0.6 is 0 Å². The molecule has 1 heterocycles. The third kappa shape index (κ3) is 4.75. The summed E-state index contributed by atoms with van der Waals surface area (Å²) in [5, 5.41) is 9.29. The van der Waals surface area contributed by atoms with Crippen molar-refractivity contribution in [1.29, 1.82) is 0 Å². The fourth-order valence-corrected chi connectivity index (χ4v) is 2.43. The highest BCUT2D eigenvalue weighted by Gasteiger charge is 2.36. The number of aliphatic imine (C=N–C) groups is 1. The molecule has 0 spiro atoms. The molecule has 10 heteroatoms. The van der Waals surface area contributed by atoms with Gasteiger partial charge in [0.25, 0.3) is 17.9 Å². The van der Waals surface area contributed by atoms with Gasteiger partial charge < -0.3 is 9.47 Å². The highest BCUT2D eigenvalue weighted by atomic mass is 16.5. The number of imide groups is 2. The Balaban J connectivity index is 1.63. The highest BCUT2D eigenvalue weighted by molar-refractivity contribution is 6.18. The molecule has 1 aliphatic heterocycles. The van der Waals surface area contributed by atoms with Crippen molar-refractivity contribution in [3.63, 3.8) is 0 Å². The van der Waals surface area contributed by atoms with Crippen molar-refractivity contribution in [3.05, 3.63) is 48.5 Å². The number of nitrogens with one attached hydrogen (secondary N) is 2. The largest absolute Gasteiger partial charge is 0.471 e. The molecule has 0 bridgehead atoms. The van der Waals surface area contributed by atoms with Crippen molar-refractivity contribution < 1.29 is 23.9 Å². The minimum absolute atomic E-state index is 0.267. The summed E-state index contributed by atoms with van der Waals surface area (Å²) in [6, 6.07) is 12.6. The van der Waals surface area contributed by atoms with E-state index in [0.717, 1.165) is 5.69 Å². The van der Waals surface area contributed by atoms with Crippen molar-refractivity contribution in [2.24, 2.45) is 10.1 Å². The molecule has 0 saturated carbocycles. The minimum Gasteiger partial charge on any atom is -0.471 e. The van der Waals surface area contributed by atoms with Crippen LogP contribution in [0.4, 0.5) is 10.5 Å². The van der Waals surface area contributed by atoms with Gasteiger partial charge in [-0.05, 0) is 48.5 Å². The Kier molecular flexibility index (Phi) is 5.83. The second-order valence-electron chi connectivity index (χ2n) is 5.73. The molecule has 0 aliphatic carbocycles. The van der Waals surface area contributed by atoms with E-state index < -0.39 is 23.9 Å². The number of nitrogens with zero attached hydrogens (tertiary/aromatic N) is 3. The van der Waals surface area contributed by atoms with Gasteiger partial charge in [-0.2, -0.15) is 5.10 Å². The number of anilines is 1. The van der Waals surface area contributed by atoms with Crippen LogP contribution in [0.25, 0.3) is 0 Å². The van der Waals surface area contributed by atoms with Crippen LogP contribution < -0.4 is 25.1 Å². The molecule has 0 atom stereocenters. The number of hydrogen-bond donors (Lipinski definition) is 2. The van der Waals surface area contributed by atoms with Gasteiger partial charge in [0.2, 0.25) is 0 Å². The molecule has 3 rings (SSSR count). The van der Waals surface area contributed by atoms with E-state index in [1.165, 1.54) is 11.3 Å². The van der Waals surface area contributed by atoms with Gasteiger partial charge in [-0.15, -0.1) is 0 Å². The van der Waals surface area contributed by atoms with Gasteiger partial charge in [0.15, 0.2) is 0 Å². The fraction of sp³-hybridized carbons (Fsp3) is 0.105. The zero-order valence-corrected chi connectivity index (χ0v) is 15.4. The van der Waals surface area contributed by atoms with Gasteiger partial charge in [-0.25, -0.2) is 9.80 Å². The molecule has 2 aromatic rings. The number of amides is 4. The first-order valence-electron chi connectivity index (χ1n) is 8.38. The Labute approximate surface area is 165 Å². The smallest absolute Gasteiger partial charge is 0.328 e. The summed E-state index contributed by atoms with van der Waals surface area (Å²) in [5.41, 5.74) is 0.768. The Morgan fingerprint density at radius 2 is 1.45 bits per heavy atom. The van der Waals surface area contributed by atoms with E-state index in [1.54, 1.807) is 55.6 Å². The zero-order chi connectivity index (χ0) is 20.8. The first-order chi connectivity index (χ1) is 14.0. The molecule has 2 aromatic carbocycles. The number of urea groups is 1. The van der Waals surface area contributed by atoms with E-state index in [1.807, 2.05) is 10.6 Å². The summed E-state index contributed by atoms with van der Waals surface area (Å²) in [4.78, 5) is 38.4. The summed E-state index contributed by atoms with van der Waals surface area (Å²) in [6.45, 7) is 3.48. The van der Waals surface area contributed by atoms with Crippen LogP contribution in [0.15, 0.2) is 58.6 Å². The molecule has 0 unspecified atom stereocenters. The number of benzene rings is 2. The molecule has 0 aromatic heterocycles. The van der Waals surface area contributed by atoms with Crippen molar-refractivity contribution in [3.8, 4) is 17.2 Å². The Morgan fingerprint density at radius 1 is 0.931 bits per heavy atom. The lowest BCUT2D eigenvalue weighted by Crippen LogP contribution is -2.60. The molecule has 148 valence electrons. The van der Waals surface area contributed by atoms with Crippen molar-refractivity contribution in [2.75, 3.05) is 12.1 Å². The number of carbonyl (C=O) groups is 3. The first-order valence-corrected chi connectivity index (χ1v) is 8.38. The predicted molar refractivity (Wildman–Crippen MR) is 105 cm³/mol. The predicted octanol–water partition coefficient (Wildman–Crippen LogP) is 1.67. The average Bonchev–Trinajstić information content (AvgIpc) is 2.71. The van der Waals surface area contributed by atoms with Crippen LogP contribution in [0.1, 0.15) is 0 Å². The molecule has 4 amide bonds. The van der Waals surface area contributed by atoms with E-state index in [4.69, 9.17) is 9.47 Å². The van der Waals surface area contributed by atoms with Gasteiger partial charge in [-0.3, -0.25) is 25.2 Å². The summed E-state index contributed by atoms with van der Waals surface area (Å²) in [5.74, 6) is -0.273. The van der Waals surface area contributed by atoms with Gasteiger partial charge in [0, 0.05) is 13.8 Å². The lowest BCUT2D eigenvalue weighted by atomic mass is 10.2. The van der Waals surface area contributed by atoms with Crippen LogP contribution in [0.5, 0.6) is 17.2 Å². The maximum atomic E-state index is 11.7. The van der Waals surface area contributed by atoms with E-state index in [2.05, 4.69) is 16.8 Å². The monoisotopic (exact) mass is 395 g/mol. The second kappa shape index (κ2) is 8.65. The van der Waals surface area contributed by atoms with E-state index >= 15 is 0 Å². The third-order valence-corrected chi connectivity index (χ3v) is 3.74. The zero-order valence-electron chi connectivity index (χ0n) is 15.4. The number of carbonyl (C=O) groups excluding carboxylic acids is 3. The maximum Gasteiger partial charge on any atom is 0.328 e. The molecule has 0 radical (unpaired) electrons. The van der Waals surface area contributed by atoms with Crippen molar-refractivity contribution in [1.82, 2.24) is 10.6 Å². The number of ether oxygens (including phenoxy) is 2. The van der Waals surface area contributed by atoms with Crippen molar-refractivity contribution >= 4 is 36.6 Å². The SMILES string of the molecule is C=NN(C=NC)c1ccc(Oc2ccc(OC3C(=O)NC(=O)NC3=O)cc2)cc1. The molecular formula is C19H17N5O5. The number of hydrazone groups is 1. The number of barbiturate groups is 1. The van der Waals surface area contributed by atoms with Gasteiger partial charge in [-0.1, -0.05) is 0 Å². The molecule has 1 fully saturated rings. The molecule has 2 N–H and O–H groups in total. The number of rotatable bonds is 7. The summed E-state index contributed by atoms with van der Waals surface area (Å²) in [7, 11) is 1.63. The maximum absolute atomic E-state index is 11.7. The average molecular weight is 395 g/mol. The summed E-state index contributed by atoms with van der Waals surface area (Å²) >= 11 is 0. The lowest BCUT2D eigenvalue weighted by Gasteiger charge is -2.21. The Bertz CT molecular complexity index is 936. The summed E-state index contributed by atoms with van der Waals surface area (Å²) < 4.78 is 11.1. The Morgan fingerprint density at radius 3 is 1.97 bits per heavy atom. The lowest BCUT2D eigenvalue weighted by molar-refractivity contribution is -0.139. The molecule has 29 heavy (non-hydrogen) atoms. The molecule has 1 aliphatic rings. The van der Waals surface area contributed by atoms with Gasteiger partial charge >= 0.3 is 6.03 Å². The standard InChI is InChI=1S/C19H17N5O5/c1-20-11-24(21-2)12-3-5-13(6-4-12)28-14-7-9-15(10-8-14)29-16-17(25)22-19(27)23-18(16)26/h3-11,16H,2H2,1H3,(H2,22,23,25,26,27). The highest BCUT2D eigenvalue weighted by Crippen LogP contribution is 2.26.